The SMILES string of the molecule is OCCCCCCCCCCCN1c2ccccc2N(CCCCCCCCCCCO)c2ccccc21. The Morgan fingerprint density at radius 3 is 0.842 bits per heavy atom. The van der Waals surface area contributed by atoms with Gasteiger partial charge in [0.25, 0.3) is 0 Å². The van der Waals surface area contributed by atoms with Crippen molar-refractivity contribution in [2.45, 2.75) is 116 Å². The predicted octanol–water partition coefficient (Wildman–Crippen LogP) is 9.28. The average molecular weight is 523 g/mol. The molecule has 1 aliphatic heterocycles. The van der Waals surface area contributed by atoms with Crippen molar-refractivity contribution in [2.24, 2.45) is 0 Å². The smallest absolute Gasteiger partial charge is 0.0652 e. The van der Waals surface area contributed by atoms with Gasteiger partial charge in [-0.1, -0.05) is 114 Å². The highest BCUT2D eigenvalue weighted by atomic mass is 16.3. The lowest BCUT2D eigenvalue weighted by atomic mass is 10.0. The van der Waals surface area contributed by atoms with Gasteiger partial charge in [0.2, 0.25) is 0 Å². The Hall–Kier alpha value is -2.04. The summed E-state index contributed by atoms with van der Waals surface area (Å²) in [6.45, 7) is 2.84. The second-order valence-electron chi connectivity index (χ2n) is 11.1. The lowest BCUT2D eigenvalue weighted by molar-refractivity contribution is 0.282. The average Bonchev–Trinajstić information content (AvgIpc) is 2.95. The number of aliphatic hydroxyl groups excluding tert-OH is 2. The molecule has 4 heteroatoms. The number of hydrogen-bond donors (Lipinski definition) is 2. The molecule has 0 radical (unpaired) electrons. The highest BCUT2D eigenvalue weighted by molar-refractivity contribution is 5.93. The van der Waals surface area contributed by atoms with Gasteiger partial charge >= 0.3 is 0 Å². The zero-order valence-corrected chi connectivity index (χ0v) is 24.0. The number of fused-ring (bicyclic) bond motifs is 2. The summed E-state index contributed by atoms with van der Waals surface area (Å²) >= 11 is 0. The first-order valence-corrected chi connectivity index (χ1v) is 15.8. The normalized spacial score (nSPS) is 12.6. The van der Waals surface area contributed by atoms with Crippen LogP contribution in [0.5, 0.6) is 0 Å². The number of unbranched alkanes of at least 4 members (excludes halogenated alkanes) is 16. The van der Waals surface area contributed by atoms with Crippen LogP contribution >= 0.6 is 0 Å². The second kappa shape index (κ2) is 19.1. The number of hydrogen-bond acceptors (Lipinski definition) is 4. The summed E-state index contributed by atoms with van der Waals surface area (Å²) < 4.78 is 0. The highest BCUT2D eigenvalue weighted by Gasteiger charge is 2.27. The van der Waals surface area contributed by atoms with Gasteiger partial charge in [0.15, 0.2) is 0 Å². The summed E-state index contributed by atoms with van der Waals surface area (Å²) in [5.41, 5.74) is 5.44. The molecule has 4 nitrogen and oxygen atoms in total. The maximum Gasteiger partial charge on any atom is 0.0652 e. The van der Waals surface area contributed by atoms with E-state index in [1.807, 2.05) is 0 Å². The van der Waals surface area contributed by atoms with Gasteiger partial charge in [-0.15, -0.1) is 0 Å². The van der Waals surface area contributed by atoms with E-state index in [-0.39, 0.29) is 0 Å². The van der Waals surface area contributed by atoms with Crippen LogP contribution in [0.1, 0.15) is 116 Å². The molecule has 1 heterocycles. The number of anilines is 4. The highest BCUT2D eigenvalue weighted by Crippen LogP contribution is 2.47. The Morgan fingerprint density at radius 1 is 0.342 bits per heavy atom. The van der Waals surface area contributed by atoms with Crippen molar-refractivity contribution >= 4 is 22.7 Å². The third-order valence-electron chi connectivity index (χ3n) is 8.01. The van der Waals surface area contributed by atoms with E-state index in [4.69, 9.17) is 10.2 Å². The fourth-order valence-electron chi connectivity index (χ4n) is 5.82. The molecule has 3 rings (SSSR count). The number of para-hydroxylation sites is 4. The maximum absolute atomic E-state index is 8.90. The van der Waals surface area contributed by atoms with Crippen molar-refractivity contribution in [3.05, 3.63) is 48.5 Å². The number of rotatable bonds is 22. The molecule has 0 amide bonds. The molecule has 38 heavy (non-hydrogen) atoms. The number of aliphatic hydroxyl groups is 2. The Kier molecular flexibility index (Phi) is 15.3. The zero-order valence-electron chi connectivity index (χ0n) is 24.0. The van der Waals surface area contributed by atoms with E-state index in [1.54, 1.807) is 0 Å². The van der Waals surface area contributed by atoms with Crippen LogP contribution in [-0.2, 0) is 0 Å². The van der Waals surface area contributed by atoms with Gasteiger partial charge in [-0.05, 0) is 49.9 Å². The fourth-order valence-corrected chi connectivity index (χ4v) is 5.82. The number of benzene rings is 2. The van der Waals surface area contributed by atoms with Crippen molar-refractivity contribution < 1.29 is 10.2 Å². The molecule has 0 aliphatic carbocycles. The summed E-state index contributed by atoms with van der Waals surface area (Å²) in [6, 6.07) is 18.0. The third kappa shape index (κ3) is 10.3. The van der Waals surface area contributed by atoms with Gasteiger partial charge < -0.3 is 20.0 Å². The molecule has 0 aromatic heterocycles. The van der Waals surface area contributed by atoms with Crippen molar-refractivity contribution in [3.63, 3.8) is 0 Å². The minimum Gasteiger partial charge on any atom is -0.396 e. The molecule has 2 aromatic rings. The fraction of sp³-hybridized carbons (Fsp3) is 0.647. The van der Waals surface area contributed by atoms with Crippen LogP contribution in [0.3, 0.4) is 0 Å². The monoisotopic (exact) mass is 522 g/mol. The van der Waals surface area contributed by atoms with Crippen LogP contribution in [0.15, 0.2) is 48.5 Å². The molecule has 2 N–H and O–H groups in total. The van der Waals surface area contributed by atoms with E-state index in [1.165, 1.54) is 125 Å². The molecule has 0 bridgehead atoms. The topological polar surface area (TPSA) is 46.9 Å². The van der Waals surface area contributed by atoms with Crippen molar-refractivity contribution in [3.8, 4) is 0 Å². The molecular weight excluding hydrogens is 468 g/mol. The second-order valence-corrected chi connectivity index (χ2v) is 11.1. The molecule has 2 aromatic carbocycles. The van der Waals surface area contributed by atoms with Gasteiger partial charge in [0, 0.05) is 26.3 Å². The number of nitrogens with zero attached hydrogens (tertiary/aromatic N) is 2. The summed E-state index contributed by atoms with van der Waals surface area (Å²) in [5.74, 6) is 0. The van der Waals surface area contributed by atoms with Gasteiger partial charge in [-0.3, -0.25) is 0 Å². The molecular formula is C34H54N2O2. The Labute approximate surface area is 233 Å². The van der Waals surface area contributed by atoms with E-state index in [9.17, 15) is 0 Å². The van der Waals surface area contributed by atoms with Crippen LogP contribution in [0, 0.1) is 0 Å². The van der Waals surface area contributed by atoms with Crippen LogP contribution in [-0.4, -0.2) is 36.5 Å². The lowest BCUT2D eigenvalue weighted by Crippen LogP contribution is -2.30. The summed E-state index contributed by atoms with van der Waals surface area (Å²) in [5, 5.41) is 17.8. The van der Waals surface area contributed by atoms with Crippen LogP contribution in [0.2, 0.25) is 0 Å². The van der Waals surface area contributed by atoms with E-state index in [2.05, 4.69) is 58.3 Å². The first kappa shape index (κ1) is 30.5. The van der Waals surface area contributed by atoms with E-state index in [0.717, 1.165) is 25.9 Å². The molecule has 0 saturated heterocycles. The van der Waals surface area contributed by atoms with E-state index < -0.39 is 0 Å². The van der Waals surface area contributed by atoms with Crippen molar-refractivity contribution in [1.29, 1.82) is 0 Å². The summed E-state index contributed by atoms with van der Waals surface area (Å²) in [4.78, 5) is 5.12. The maximum atomic E-state index is 8.90. The lowest BCUT2D eigenvalue weighted by Gasteiger charge is -2.40. The first-order valence-electron chi connectivity index (χ1n) is 15.8. The van der Waals surface area contributed by atoms with Crippen LogP contribution < -0.4 is 9.80 Å². The Balaban J connectivity index is 1.45. The van der Waals surface area contributed by atoms with Gasteiger partial charge in [-0.25, -0.2) is 0 Å². The minimum absolute atomic E-state index is 0.342. The minimum atomic E-state index is 0.342. The van der Waals surface area contributed by atoms with Gasteiger partial charge in [0.1, 0.15) is 0 Å². The molecule has 0 fully saturated rings. The zero-order chi connectivity index (χ0) is 26.7. The van der Waals surface area contributed by atoms with E-state index in [0.29, 0.717) is 13.2 Å². The molecule has 1 aliphatic rings. The van der Waals surface area contributed by atoms with Gasteiger partial charge in [0.05, 0.1) is 22.7 Å². The largest absolute Gasteiger partial charge is 0.396 e. The van der Waals surface area contributed by atoms with Crippen LogP contribution in [0.4, 0.5) is 22.7 Å². The Morgan fingerprint density at radius 2 is 0.579 bits per heavy atom. The molecule has 0 atom stereocenters. The molecule has 0 unspecified atom stereocenters. The van der Waals surface area contributed by atoms with Crippen molar-refractivity contribution in [2.75, 3.05) is 36.1 Å². The predicted molar refractivity (Wildman–Crippen MR) is 164 cm³/mol. The standard InChI is InChI=1S/C34H54N2O2/c37-29-21-13-9-5-1-3-7-11-19-27-35-31-23-15-17-25-33(31)36(34-26-18-16-24-32(34)35)28-20-12-8-4-2-6-10-14-22-30-38/h15-18,23-26,37-38H,1-14,19-22,27-30H2. The van der Waals surface area contributed by atoms with E-state index >= 15 is 0 Å². The van der Waals surface area contributed by atoms with Crippen LogP contribution in [0.25, 0.3) is 0 Å². The summed E-state index contributed by atoms with van der Waals surface area (Å²) in [6.07, 6.45) is 22.5. The quantitative estimate of drug-likeness (QED) is 0.151. The first-order chi connectivity index (χ1) is 18.9. The molecule has 212 valence electrons. The molecule has 0 spiro atoms. The van der Waals surface area contributed by atoms with Crippen molar-refractivity contribution in [1.82, 2.24) is 0 Å². The van der Waals surface area contributed by atoms with Gasteiger partial charge in [-0.2, -0.15) is 0 Å². The Bertz CT molecular complexity index is 754. The molecule has 0 saturated carbocycles. The third-order valence-corrected chi connectivity index (χ3v) is 8.01. The summed E-state index contributed by atoms with van der Waals surface area (Å²) in [7, 11) is 0.